The Bertz CT molecular complexity index is 147. The summed E-state index contributed by atoms with van der Waals surface area (Å²) in [5.41, 5.74) is 0. The molecule has 0 fully saturated rings. The Kier molecular flexibility index (Phi) is 12.8. The molecule has 2 atom stereocenters. The number of ether oxygens (including phenoxy) is 2. The minimum absolute atomic E-state index is 0.00667. The maximum absolute atomic E-state index is 9.82. The second-order valence-electron chi connectivity index (χ2n) is 3.10. The van der Waals surface area contributed by atoms with Crippen LogP contribution in [0, 0.1) is 0 Å². The van der Waals surface area contributed by atoms with Crippen LogP contribution >= 0.6 is 0 Å². The van der Waals surface area contributed by atoms with E-state index in [0.29, 0.717) is 13.2 Å². The summed E-state index contributed by atoms with van der Waals surface area (Å²) in [4.78, 5) is 9.82. The molecule has 0 aliphatic heterocycles. The van der Waals surface area contributed by atoms with Crippen molar-refractivity contribution >= 4 is 5.97 Å². The lowest BCUT2D eigenvalue weighted by Crippen LogP contribution is -2.19. The predicted octanol–water partition coefficient (Wildman–Crippen LogP) is 0.334. The number of hydrogen-bond acceptors (Lipinski definition) is 5. The Hall–Kier alpha value is -0.650. The highest BCUT2D eigenvalue weighted by Crippen LogP contribution is 1.90. The van der Waals surface area contributed by atoms with E-state index >= 15 is 0 Å². The Morgan fingerprint density at radius 2 is 1.93 bits per heavy atom. The Morgan fingerprint density at radius 3 is 2.13 bits per heavy atom. The fourth-order valence-corrected chi connectivity index (χ4v) is 0.559. The third-order valence-electron chi connectivity index (χ3n) is 1.23. The van der Waals surface area contributed by atoms with Gasteiger partial charge in [0, 0.05) is 6.92 Å². The number of carbonyl (C=O) groups excluding carboxylic acids is 1. The molecule has 15 heavy (non-hydrogen) atoms. The van der Waals surface area contributed by atoms with E-state index in [-0.39, 0.29) is 18.7 Å². The van der Waals surface area contributed by atoms with E-state index in [0.717, 1.165) is 0 Å². The zero-order valence-corrected chi connectivity index (χ0v) is 9.90. The fraction of sp³-hybridized carbons (Fsp3) is 0.900. The lowest BCUT2D eigenvalue weighted by atomic mass is 10.4. The van der Waals surface area contributed by atoms with Crippen LogP contribution in [0.1, 0.15) is 27.7 Å². The van der Waals surface area contributed by atoms with E-state index in [1.807, 2.05) is 0 Å². The smallest absolute Gasteiger partial charge is 0.302 e. The quantitative estimate of drug-likeness (QED) is 0.656. The van der Waals surface area contributed by atoms with Crippen molar-refractivity contribution in [2.45, 2.75) is 39.9 Å². The van der Waals surface area contributed by atoms with E-state index in [4.69, 9.17) is 14.9 Å². The highest BCUT2D eigenvalue weighted by molar-refractivity contribution is 5.65. The number of aliphatic hydroxyl groups excluding tert-OH is 2. The third kappa shape index (κ3) is 19.7. The van der Waals surface area contributed by atoms with Crippen LogP contribution in [0.15, 0.2) is 0 Å². The summed E-state index contributed by atoms with van der Waals surface area (Å²) in [6, 6.07) is 0. The average molecular weight is 222 g/mol. The zero-order valence-electron chi connectivity index (χ0n) is 9.90. The Morgan fingerprint density at radius 1 is 1.40 bits per heavy atom. The molecule has 0 aromatic heterocycles. The normalized spacial score (nSPS) is 13.5. The predicted molar refractivity (Wildman–Crippen MR) is 56.5 cm³/mol. The van der Waals surface area contributed by atoms with E-state index < -0.39 is 6.10 Å². The summed E-state index contributed by atoms with van der Waals surface area (Å²) < 4.78 is 9.36. The molecule has 0 aliphatic rings. The fourth-order valence-electron chi connectivity index (χ4n) is 0.559. The number of aliphatic hydroxyl groups is 2. The van der Waals surface area contributed by atoms with Gasteiger partial charge in [-0.2, -0.15) is 0 Å². The van der Waals surface area contributed by atoms with Crippen molar-refractivity contribution in [1.82, 2.24) is 0 Å². The van der Waals surface area contributed by atoms with Gasteiger partial charge in [-0.1, -0.05) is 0 Å². The first-order chi connectivity index (χ1) is 6.93. The van der Waals surface area contributed by atoms with Crippen molar-refractivity contribution in [3.63, 3.8) is 0 Å². The molecule has 92 valence electrons. The van der Waals surface area contributed by atoms with Gasteiger partial charge < -0.3 is 19.7 Å². The maximum atomic E-state index is 9.82. The summed E-state index contributed by atoms with van der Waals surface area (Å²) in [5.74, 6) is -0.211. The van der Waals surface area contributed by atoms with Crippen molar-refractivity contribution in [1.29, 1.82) is 0 Å². The minimum Gasteiger partial charge on any atom is -0.466 e. The number of esters is 1. The molecule has 0 saturated carbocycles. The van der Waals surface area contributed by atoms with Gasteiger partial charge in [-0.25, -0.2) is 0 Å². The topological polar surface area (TPSA) is 76.0 Å². The van der Waals surface area contributed by atoms with Gasteiger partial charge in [0.1, 0.15) is 0 Å². The van der Waals surface area contributed by atoms with Gasteiger partial charge in [0.25, 0.3) is 0 Å². The van der Waals surface area contributed by atoms with E-state index in [2.05, 4.69) is 4.74 Å². The first kappa shape index (κ1) is 16.8. The van der Waals surface area contributed by atoms with E-state index in [1.165, 1.54) is 6.92 Å². The lowest BCUT2D eigenvalue weighted by molar-refractivity contribution is -0.140. The molecular weight excluding hydrogens is 200 g/mol. The minimum atomic E-state index is -0.445. The first-order valence-electron chi connectivity index (χ1n) is 4.97. The molecule has 0 aromatic rings. The SMILES string of the molecule is CC(O)COC(C)CO.CCOC(C)=O. The largest absolute Gasteiger partial charge is 0.466 e. The Labute approximate surface area is 91.0 Å². The zero-order chi connectivity index (χ0) is 12.3. The molecule has 0 bridgehead atoms. The summed E-state index contributed by atoms with van der Waals surface area (Å²) >= 11 is 0. The molecule has 0 aromatic carbocycles. The highest BCUT2D eigenvalue weighted by atomic mass is 16.5. The number of carbonyl (C=O) groups is 1. The van der Waals surface area contributed by atoms with Gasteiger partial charge in [-0.3, -0.25) is 4.79 Å². The van der Waals surface area contributed by atoms with E-state index in [1.54, 1.807) is 20.8 Å². The molecule has 0 amide bonds. The molecule has 0 aliphatic carbocycles. The van der Waals surface area contributed by atoms with Crippen molar-refractivity contribution in [3.8, 4) is 0 Å². The standard InChI is InChI=1S/C6H14O3.C4H8O2/c1-5(8)4-9-6(2)3-7;1-3-6-4(2)5/h5-8H,3-4H2,1-2H3;3H2,1-2H3. The summed E-state index contributed by atoms with van der Waals surface area (Å²) in [6.07, 6.45) is -0.612. The van der Waals surface area contributed by atoms with Crippen LogP contribution < -0.4 is 0 Å². The average Bonchev–Trinajstić information content (AvgIpc) is 2.14. The molecule has 5 nitrogen and oxygen atoms in total. The van der Waals surface area contributed by atoms with Crippen LogP contribution in [0.25, 0.3) is 0 Å². The number of hydrogen-bond donors (Lipinski definition) is 2. The summed E-state index contributed by atoms with van der Waals surface area (Å²) in [5, 5.41) is 17.1. The molecule has 5 heteroatoms. The second kappa shape index (κ2) is 11.4. The van der Waals surface area contributed by atoms with Crippen LogP contribution in [-0.4, -0.2) is 48.2 Å². The molecule has 2 unspecified atom stereocenters. The van der Waals surface area contributed by atoms with Gasteiger partial charge in [0.15, 0.2) is 0 Å². The van der Waals surface area contributed by atoms with Crippen molar-refractivity contribution in [3.05, 3.63) is 0 Å². The van der Waals surface area contributed by atoms with Crippen LogP contribution in [0.4, 0.5) is 0 Å². The van der Waals surface area contributed by atoms with Gasteiger partial charge in [-0.15, -0.1) is 0 Å². The van der Waals surface area contributed by atoms with Gasteiger partial charge in [0.05, 0.1) is 32.0 Å². The molecule has 0 rings (SSSR count). The van der Waals surface area contributed by atoms with Gasteiger partial charge >= 0.3 is 5.97 Å². The van der Waals surface area contributed by atoms with Gasteiger partial charge in [0.2, 0.25) is 0 Å². The summed E-state index contributed by atoms with van der Waals surface area (Å²) in [7, 11) is 0. The molecule has 0 radical (unpaired) electrons. The molecular formula is C10H22O5. The maximum Gasteiger partial charge on any atom is 0.302 e. The van der Waals surface area contributed by atoms with Gasteiger partial charge in [-0.05, 0) is 20.8 Å². The summed E-state index contributed by atoms with van der Waals surface area (Å²) in [6.45, 7) is 7.35. The molecule has 2 N–H and O–H groups in total. The first-order valence-corrected chi connectivity index (χ1v) is 4.97. The monoisotopic (exact) mass is 222 g/mol. The van der Waals surface area contributed by atoms with Crippen LogP contribution in [-0.2, 0) is 14.3 Å². The second-order valence-corrected chi connectivity index (χ2v) is 3.10. The molecule has 0 heterocycles. The van der Waals surface area contributed by atoms with Crippen molar-refractivity contribution < 1.29 is 24.5 Å². The molecule has 0 saturated heterocycles. The third-order valence-corrected chi connectivity index (χ3v) is 1.23. The lowest BCUT2D eigenvalue weighted by Gasteiger charge is -2.10. The Balaban J connectivity index is 0. The highest BCUT2D eigenvalue weighted by Gasteiger charge is 2.00. The van der Waals surface area contributed by atoms with Crippen LogP contribution in [0.2, 0.25) is 0 Å². The van der Waals surface area contributed by atoms with Crippen molar-refractivity contribution in [2.24, 2.45) is 0 Å². The van der Waals surface area contributed by atoms with Crippen LogP contribution in [0.5, 0.6) is 0 Å². The molecule has 0 spiro atoms. The van der Waals surface area contributed by atoms with Crippen LogP contribution in [0.3, 0.4) is 0 Å². The number of rotatable bonds is 5. The van der Waals surface area contributed by atoms with E-state index in [9.17, 15) is 4.79 Å². The van der Waals surface area contributed by atoms with Crippen molar-refractivity contribution in [2.75, 3.05) is 19.8 Å².